The molecule has 5 rings (SSSR count). The third-order valence-corrected chi connectivity index (χ3v) is 6.08. The van der Waals surface area contributed by atoms with E-state index in [0.717, 1.165) is 29.7 Å². The molecule has 3 aromatic rings. The first-order valence-electron chi connectivity index (χ1n) is 11.2. The van der Waals surface area contributed by atoms with E-state index in [4.69, 9.17) is 18.6 Å². The number of hydrogen-bond donors (Lipinski definition) is 1. The van der Waals surface area contributed by atoms with E-state index in [9.17, 15) is 4.79 Å². The predicted molar refractivity (Wildman–Crippen MR) is 123 cm³/mol. The van der Waals surface area contributed by atoms with Gasteiger partial charge in [-0.3, -0.25) is 4.90 Å². The van der Waals surface area contributed by atoms with Crippen LogP contribution in [0.25, 0.3) is 16.7 Å². The Morgan fingerprint density at radius 2 is 1.94 bits per heavy atom. The van der Waals surface area contributed by atoms with Gasteiger partial charge in [-0.2, -0.15) is 0 Å². The molecule has 2 aliphatic rings. The summed E-state index contributed by atoms with van der Waals surface area (Å²) < 4.78 is 22.8. The van der Waals surface area contributed by atoms with Crippen LogP contribution < -0.4 is 19.5 Å². The van der Waals surface area contributed by atoms with Gasteiger partial charge in [-0.15, -0.1) is 0 Å². The minimum Gasteiger partial charge on any atom is -0.497 e. The molecule has 0 bridgehead atoms. The van der Waals surface area contributed by atoms with Crippen LogP contribution in [0, 0.1) is 0 Å². The summed E-state index contributed by atoms with van der Waals surface area (Å²) >= 11 is 0. The monoisotopic (exact) mass is 449 g/mol. The molecule has 0 atom stereocenters. The Balaban J connectivity index is 1.39. The second kappa shape index (κ2) is 9.05. The van der Waals surface area contributed by atoms with Gasteiger partial charge in [0, 0.05) is 18.8 Å². The molecule has 172 valence electrons. The van der Waals surface area contributed by atoms with E-state index in [0.29, 0.717) is 35.0 Å². The minimum absolute atomic E-state index is 0.200. The zero-order valence-corrected chi connectivity index (χ0v) is 18.8. The molecule has 2 aromatic carbocycles. The van der Waals surface area contributed by atoms with Crippen LogP contribution in [0.3, 0.4) is 0 Å². The largest absolute Gasteiger partial charge is 0.497 e. The Morgan fingerprint density at radius 3 is 2.73 bits per heavy atom. The van der Waals surface area contributed by atoms with Gasteiger partial charge in [-0.25, -0.2) is 9.78 Å². The first kappa shape index (κ1) is 21.2. The van der Waals surface area contributed by atoms with Gasteiger partial charge in [0.2, 0.25) is 5.89 Å². The molecule has 1 aliphatic carbocycles. The molecule has 33 heavy (non-hydrogen) atoms. The number of rotatable bonds is 7. The number of amides is 2. The number of ether oxygens (including phenoxy) is 3. The van der Waals surface area contributed by atoms with Crippen molar-refractivity contribution in [2.45, 2.75) is 38.3 Å². The number of carbonyl (C=O) groups is 1. The summed E-state index contributed by atoms with van der Waals surface area (Å²) in [6, 6.07) is 11.1. The average Bonchev–Trinajstić information content (AvgIpc) is 3.49. The summed E-state index contributed by atoms with van der Waals surface area (Å²) in [7, 11) is 3.25. The molecule has 1 N–H and O–H groups in total. The summed E-state index contributed by atoms with van der Waals surface area (Å²) in [6.45, 7) is 0.642. The third-order valence-electron chi connectivity index (χ3n) is 6.08. The average molecular weight is 450 g/mol. The number of hydrogen-bond acceptors (Lipinski definition) is 6. The fourth-order valence-electron chi connectivity index (χ4n) is 4.31. The lowest BCUT2D eigenvalue weighted by molar-refractivity contribution is 0.200. The van der Waals surface area contributed by atoms with Crippen molar-refractivity contribution in [3.05, 3.63) is 54.1 Å². The van der Waals surface area contributed by atoms with Gasteiger partial charge in [-0.1, -0.05) is 6.07 Å². The first-order chi connectivity index (χ1) is 16.1. The van der Waals surface area contributed by atoms with Crippen molar-refractivity contribution in [3.63, 3.8) is 0 Å². The van der Waals surface area contributed by atoms with E-state index in [1.165, 1.54) is 12.8 Å². The zero-order valence-electron chi connectivity index (χ0n) is 18.8. The van der Waals surface area contributed by atoms with Gasteiger partial charge >= 0.3 is 6.03 Å². The van der Waals surface area contributed by atoms with Crippen LogP contribution in [0.1, 0.15) is 37.1 Å². The number of methoxy groups -OCH3 is 2. The molecule has 0 saturated heterocycles. The van der Waals surface area contributed by atoms with E-state index in [1.807, 2.05) is 42.6 Å². The lowest BCUT2D eigenvalue weighted by atomic mass is 10.0. The van der Waals surface area contributed by atoms with Crippen molar-refractivity contribution in [3.8, 4) is 17.2 Å². The van der Waals surface area contributed by atoms with Gasteiger partial charge in [0.05, 0.1) is 20.3 Å². The predicted octanol–water partition coefficient (Wildman–Crippen LogP) is 4.73. The van der Waals surface area contributed by atoms with E-state index < -0.39 is 0 Å². The van der Waals surface area contributed by atoms with Gasteiger partial charge in [0.15, 0.2) is 17.1 Å². The molecule has 2 heterocycles. The summed E-state index contributed by atoms with van der Waals surface area (Å²) in [5.74, 6) is 2.60. The molecule has 2 amide bonds. The summed E-state index contributed by atoms with van der Waals surface area (Å²) in [4.78, 5) is 18.6. The van der Waals surface area contributed by atoms with Crippen LogP contribution in [0.2, 0.25) is 0 Å². The highest BCUT2D eigenvalue weighted by Crippen LogP contribution is 2.34. The number of aromatic nitrogens is 1. The Bertz CT molecular complexity index is 1200. The first-order valence-corrected chi connectivity index (χ1v) is 11.2. The highest BCUT2D eigenvalue weighted by atomic mass is 16.5. The number of carbonyl (C=O) groups excluding carboxylic acids is 1. The lowest BCUT2D eigenvalue weighted by Gasteiger charge is -2.25. The normalized spacial score (nSPS) is 16.6. The SMILES string of the molecule is COc1ccc2oc(CN3C=C(c4ccc(OC)c(OC5CCCC5)c4)CNC3=O)nc2c1. The van der Waals surface area contributed by atoms with Crippen molar-refractivity contribution in [2.75, 3.05) is 20.8 Å². The molecule has 0 radical (unpaired) electrons. The second-order valence-corrected chi connectivity index (χ2v) is 8.27. The zero-order chi connectivity index (χ0) is 22.8. The molecule has 1 fully saturated rings. The molecule has 0 unspecified atom stereocenters. The Morgan fingerprint density at radius 1 is 1.09 bits per heavy atom. The number of nitrogens with zero attached hydrogens (tertiary/aromatic N) is 2. The molecule has 1 saturated carbocycles. The van der Waals surface area contributed by atoms with E-state index >= 15 is 0 Å². The van der Waals surface area contributed by atoms with Crippen molar-refractivity contribution >= 4 is 22.7 Å². The highest BCUT2D eigenvalue weighted by molar-refractivity contribution is 5.84. The Kier molecular flexibility index (Phi) is 5.81. The maximum absolute atomic E-state index is 12.5. The minimum atomic E-state index is -0.200. The van der Waals surface area contributed by atoms with E-state index in [1.54, 1.807) is 19.1 Å². The van der Waals surface area contributed by atoms with Gasteiger partial charge < -0.3 is 23.9 Å². The fourth-order valence-corrected chi connectivity index (χ4v) is 4.31. The molecule has 1 aromatic heterocycles. The smallest absolute Gasteiger partial charge is 0.322 e. The highest BCUT2D eigenvalue weighted by Gasteiger charge is 2.23. The van der Waals surface area contributed by atoms with Gasteiger partial charge in [-0.05, 0) is 61.1 Å². The Labute approximate surface area is 192 Å². The van der Waals surface area contributed by atoms with Crippen molar-refractivity contribution in [1.29, 1.82) is 0 Å². The van der Waals surface area contributed by atoms with Crippen molar-refractivity contribution in [1.82, 2.24) is 15.2 Å². The number of benzene rings is 2. The van der Waals surface area contributed by atoms with Crippen LogP contribution >= 0.6 is 0 Å². The maximum atomic E-state index is 12.5. The molecular formula is C25H27N3O5. The van der Waals surface area contributed by atoms with Crippen molar-refractivity contribution < 1.29 is 23.4 Å². The van der Waals surface area contributed by atoms with Gasteiger partial charge in [0.1, 0.15) is 17.8 Å². The van der Waals surface area contributed by atoms with Crippen LogP contribution in [-0.2, 0) is 6.54 Å². The summed E-state index contributed by atoms with van der Waals surface area (Å²) in [5, 5.41) is 2.93. The van der Waals surface area contributed by atoms with Crippen LogP contribution in [0.15, 0.2) is 47.0 Å². The molecule has 1 aliphatic heterocycles. The van der Waals surface area contributed by atoms with Crippen LogP contribution in [0.5, 0.6) is 17.2 Å². The van der Waals surface area contributed by atoms with Gasteiger partial charge in [0.25, 0.3) is 0 Å². The summed E-state index contributed by atoms with van der Waals surface area (Å²) in [6.07, 6.45) is 6.59. The fraction of sp³-hybridized carbons (Fsp3) is 0.360. The van der Waals surface area contributed by atoms with E-state index in [2.05, 4.69) is 10.3 Å². The summed E-state index contributed by atoms with van der Waals surface area (Å²) in [5.41, 5.74) is 3.27. The lowest BCUT2D eigenvalue weighted by Crippen LogP contribution is -2.41. The number of oxazole rings is 1. The Hall–Kier alpha value is -3.68. The second-order valence-electron chi connectivity index (χ2n) is 8.27. The molecule has 8 heteroatoms. The quantitative estimate of drug-likeness (QED) is 0.561. The van der Waals surface area contributed by atoms with Crippen molar-refractivity contribution in [2.24, 2.45) is 0 Å². The standard InChI is InChI=1S/C25H27N3O5/c1-30-19-8-10-21-20(12-19)27-24(33-21)15-28-14-17(13-26-25(28)29)16-7-9-22(31-2)23(11-16)32-18-5-3-4-6-18/h7-12,14,18H,3-6,13,15H2,1-2H3,(H,26,29). The topological polar surface area (TPSA) is 86.1 Å². The maximum Gasteiger partial charge on any atom is 0.322 e. The molecule has 0 spiro atoms. The van der Waals surface area contributed by atoms with E-state index in [-0.39, 0.29) is 18.7 Å². The number of fused-ring (bicyclic) bond motifs is 1. The number of nitrogens with one attached hydrogen (secondary N) is 1. The molecule has 8 nitrogen and oxygen atoms in total. The third kappa shape index (κ3) is 4.46. The number of urea groups is 1. The van der Waals surface area contributed by atoms with Crippen LogP contribution in [-0.4, -0.2) is 42.8 Å². The molecular weight excluding hydrogens is 422 g/mol. The van der Waals surface area contributed by atoms with Crippen LogP contribution in [0.4, 0.5) is 4.79 Å².